The summed E-state index contributed by atoms with van der Waals surface area (Å²) in [6.45, 7) is 3.84. The molecule has 10 heteroatoms. The molecule has 2 saturated heterocycles. The Bertz CT molecular complexity index is 1470. The third-order valence-electron chi connectivity index (χ3n) is 6.91. The van der Waals surface area contributed by atoms with Gasteiger partial charge in [0.15, 0.2) is 0 Å². The van der Waals surface area contributed by atoms with Crippen molar-refractivity contribution in [2.75, 3.05) is 31.6 Å². The summed E-state index contributed by atoms with van der Waals surface area (Å²) in [6, 6.07) is 12.2. The van der Waals surface area contributed by atoms with Crippen LogP contribution in [0.1, 0.15) is 34.5 Å². The van der Waals surface area contributed by atoms with Gasteiger partial charge in [-0.15, -0.1) is 0 Å². The van der Waals surface area contributed by atoms with Crippen molar-refractivity contribution < 1.29 is 18.3 Å². The van der Waals surface area contributed by atoms with Gasteiger partial charge >= 0.3 is 0 Å². The van der Waals surface area contributed by atoms with E-state index in [1.807, 2.05) is 35.2 Å². The van der Waals surface area contributed by atoms with Crippen LogP contribution in [-0.2, 0) is 17.8 Å². The van der Waals surface area contributed by atoms with Gasteiger partial charge in [-0.25, -0.2) is 18.7 Å². The number of hydrogen-bond donors (Lipinski definition) is 2. The van der Waals surface area contributed by atoms with E-state index in [1.165, 1.54) is 25.0 Å². The van der Waals surface area contributed by atoms with Gasteiger partial charge in [0.1, 0.15) is 23.5 Å². The first-order valence-electron chi connectivity index (χ1n) is 12.8. The smallest absolute Gasteiger partial charge is 0.254 e. The molecular weight excluding hydrogens is 490 g/mol. The quantitative estimate of drug-likeness (QED) is 0.406. The zero-order valence-electron chi connectivity index (χ0n) is 20.8. The summed E-state index contributed by atoms with van der Waals surface area (Å²) < 4.78 is 33.4. The molecule has 2 fully saturated rings. The van der Waals surface area contributed by atoms with Crippen molar-refractivity contribution in [3.05, 3.63) is 77.5 Å². The molecule has 196 valence electrons. The van der Waals surface area contributed by atoms with Crippen molar-refractivity contribution in [3.8, 4) is 11.3 Å². The lowest BCUT2D eigenvalue weighted by Crippen LogP contribution is -2.47. The van der Waals surface area contributed by atoms with Crippen molar-refractivity contribution in [2.24, 2.45) is 0 Å². The number of halogens is 2. The van der Waals surface area contributed by atoms with Gasteiger partial charge in [0, 0.05) is 57.2 Å². The van der Waals surface area contributed by atoms with Crippen LogP contribution in [0.3, 0.4) is 0 Å². The number of ether oxygens (including phenoxy) is 1. The molecule has 1 amide bonds. The van der Waals surface area contributed by atoms with E-state index < -0.39 is 6.17 Å². The van der Waals surface area contributed by atoms with Crippen LogP contribution in [0.25, 0.3) is 16.9 Å². The second-order valence-electron chi connectivity index (χ2n) is 9.66. The largest absolute Gasteiger partial charge is 0.381 e. The Morgan fingerprint density at radius 2 is 1.97 bits per heavy atom. The lowest BCUT2D eigenvalue weighted by atomic mass is 9.99. The number of nitrogens with zero attached hydrogens (tertiary/aromatic N) is 4. The summed E-state index contributed by atoms with van der Waals surface area (Å²) in [5.74, 6) is 0.0966. The summed E-state index contributed by atoms with van der Waals surface area (Å²) in [6.07, 6.45) is 5.12. The maximum absolute atomic E-state index is 13.6. The fraction of sp³-hybridized carbons (Fsp3) is 0.321. The highest BCUT2D eigenvalue weighted by Crippen LogP contribution is 2.35. The summed E-state index contributed by atoms with van der Waals surface area (Å²) in [4.78, 5) is 23.6. The van der Waals surface area contributed by atoms with E-state index in [-0.39, 0.29) is 11.7 Å². The average Bonchev–Trinajstić information content (AvgIpc) is 3.66. The van der Waals surface area contributed by atoms with Gasteiger partial charge in [0.2, 0.25) is 0 Å². The Morgan fingerprint density at radius 3 is 2.74 bits per heavy atom. The number of aromatic nitrogens is 3. The van der Waals surface area contributed by atoms with Gasteiger partial charge in [0.05, 0.1) is 28.8 Å². The second kappa shape index (κ2) is 10.5. The number of rotatable bonds is 5. The van der Waals surface area contributed by atoms with Crippen LogP contribution in [0.15, 0.2) is 54.9 Å². The molecule has 0 saturated carbocycles. The molecule has 2 N–H and O–H groups in total. The SMILES string of the molecule is C1CCOC1.O=C1NCc2c(-c3cnc4cc(F)ccn34)ccc(Nc3cccc(CN4CC(F)C4)n3)c21. The summed E-state index contributed by atoms with van der Waals surface area (Å²) in [7, 11) is 0. The molecule has 0 atom stereocenters. The second-order valence-corrected chi connectivity index (χ2v) is 9.66. The zero-order valence-corrected chi connectivity index (χ0v) is 20.8. The predicted molar refractivity (Wildman–Crippen MR) is 140 cm³/mol. The normalized spacial score (nSPS) is 17.1. The van der Waals surface area contributed by atoms with E-state index in [0.29, 0.717) is 48.9 Å². The van der Waals surface area contributed by atoms with Crippen molar-refractivity contribution in [1.82, 2.24) is 24.6 Å². The summed E-state index contributed by atoms with van der Waals surface area (Å²) in [5, 5.41) is 6.17. The Hall–Kier alpha value is -3.89. The first-order chi connectivity index (χ1) is 18.5. The highest BCUT2D eigenvalue weighted by Gasteiger charge is 2.28. The lowest BCUT2D eigenvalue weighted by molar-refractivity contribution is 0.0581. The monoisotopic (exact) mass is 518 g/mol. The number of carbonyl (C=O) groups is 1. The minimum Gasteiger partial charge on any atom is -0.381 e. The van der Waals surface area contributed by atoms with Crippen LogP contribution in [0, 0.1) is 5.82 Å². The molecule has 6 heterocycles. The third kappa shape index (κ3) is 4.97. The summed E-state index contributed by atoms with van der Waals surface area (Å²) in [5.41, 5.74) is 5.03. The molecule has 1 aromatic carbocycles. The molecule has 0 spiro atoms. The molecule has 0 aliphatic carbocycles. The maximum atomic E-state index is 13.6. The number of pyridine rings is 2. The number of nitrogens with one attached hydrogen (secondary N) is 2. The fourth-order valence-electron chi connectivity index (χ4n) is 5.00. The van der Waals surface area contributed by atoms with Crippen LogP contribution in [0.5, 0.6) is 0 Å². The zero-order chi connectivity index (χ0) is 26.1. The Kier molecular flexibility index (Phi) is 6.73. The van der Waals surface area contributed by atoms with E-state index in [1.54, 1.807) is 16.8 Å². The first kappa shape index (κ1) is 24.4. The van der Waals surface area contributed by atoms with Gasteiger partial charge in [-0.05, 0) is 42.7 Å². The highest BCUT2D eigenvalue weighted by molar-refractivity contribution is 6.06. The van der Waals surface area contributed by atoms with E-state index in [0.717, 1.165) is 35.7 Å². The predicted octanol–water partition coefficient (Wildman–Crippen LogP) is 4.47. The molecule has 3 aromatic heterocycles. The topological polar surface area (TPSA) is 83.8 Å². The van der Waals surface area contributed by atoms with Gasteiger partial charge < -0.3 is 15.4 Å². The molecule has 3 aliphatic heterocycles. The number of fused-ring (bicyclic) bond motifs is 2. The maximum Gasteiger partial charge on any atom is 0.254 e. The van der Waals surface area contributed by atoms with E-state index in [2.05, 4.69) is 20.6 Å². The van der Waals surface area contributed by atoms with Crippen LogP contribution in [0.2, 0.25) is 0 Å². The molecule has 0 unspecified atom stereocenters. The lowest BCUT2D eigenvalue weighted by Gasteiger charge is -2.33. The van der Waals surface area contributed by atoms with Gasteiger partial charge in [0.25, 0.3) is 5.91 Å². The third-order valence-corrected chi connectivity index (χ3v) is 6.91. The summed E-state index contributed by atoms with van der Waals surface area (Å²) >= 11 is 0. The van der Waals surface area contributed by atoms with Crippen LogP contribution < -0.4 is 10.6 Å². The number of hydrogen-bond acceptors (Lipinski definition) is 6. The van der Waals surface area contributed by atoms with Gasteiger partial charge in [-0.3, -0.25) is 14.1 Å². The Labute approximate surface area is 218 Å². The van der Waals surface area contributed by atoms with E-state index >= 15 is 0 Å². The van der Waals surface area contributed by atoms with Crippen molar-refractivity contribution in [2.45, 2.75) is 32.1 Å². The average molecular weight is 519 g/mol. The molecule has 0 bridgehead atoms. The Balaban J connectivity index is 0.000000476. The number of imidazole rings is 1. The fourth-order valence-corrected chi connectivity index (χ4v) is 5.00. The van der Waals surface area contributed by atoms with Crippen molar-refractivity contribution in [3.63, 3.8) is 0 Å². The number of anilines is 2. The first-order valence-corrected chi connectivity index (χ1v) is 12.8. The molecule has 8 nitrogen and oxygen atoms in total. The standard InChI is InChI=1S/C24H20F2N6O.C4H8O/c25-14-6-7-32-20(10-27-22(32)8-14)17-4-5-19(23-18(17)9-28-24(23)33)30-21-3-1-2-16(29-21)13-31-11-15(26)12-31;1-2-4-5-3-1/h1-8,10,15H,9,11-13H2,(H,28,33)(H,29,30);1-4H2. The van der Waals surface area contributed by atoms with Crippen LogP contribution in [0.4, 0.5) is 20.3 Å². The van der Waals surface area contributed by atoms with E-state index in [9.17, 15) is 13.6 Å². The molecule has 3 aliphatic rings. The van der Waals surface area contributed by atoms with E-state index in [4.69, 9.17) is 4.74 Å². The number of amides is 1. The number of carbonyl (C=O) groups excluding carboxylic acids is 1. The highest BCUT2D eigenvalue weighted by atomic mass is 19.1. The van der Waals surface area contributed by atoms with Gasteiger partial charge in [-0.2, -0.15) is 0 Å². The minimum absolute atomic E-state index is 0.167. The Morgan fingerprint density at radius 1 is 1.13 bits per heavy atom. The van der Waals surface area contributed by atoms with Crippen molar-refractivity contribution >= 4 is 23.1 Å². The van der Waals surface area contributed by atoms with Crippen LogP contribution >= 0.6 is 0 Å². The molecule has 0 radical (unpaired) electrons. The number of alkyl halides is 1. The molecule has 38 heavy (non-hydrogen) atoms. The van der Waals surface area contributed by atoms with Gasteiger partial charge in [-0.1, -0.05) is 12.1 Å². The molecular formula is C28H28F2N6O2. The van der Waals surface area contributed by atoms with Crippen LogP contribution in [-0.4, -0.2) is 57.7 Å². The van der Waals surface area contributed by atoms with Crippen molar-refractivity contribution in [1.29, 1.82) is 0 Å². The molecule has 7 rings (SSSR count). The number of likely N-dealkylation sites (tertiary alicyclic amines) is 1. The molecule has 4 aromatic rings. The number of benzene rings is 1. The minimum atomic E-state index is -0.752.